The summed E-state index contributed by atoms with van der Waals surface area (Å²) in [6, 6.07) is 0. The van der Waals surface area contributed by atoms with Gasteiger partial charge in [0.15, 0.2) is 0 Å². The number of hydrogen-bond donors (Lipinski definition) is 0. The maximum atomic E-state index is 2.21. The zero-order valence-electron chi connectivity index (χ0n) is 8.39. The summed E-state index contributed by atoms with van der Waals surface area (Å²) in [5, 5.41) is 0. The summed E-state index contributed by atoms with van der Waals surface area (Å²) >= 11 is 0. The summed E-state index contributed by atoms with van der Waals surface area (Å²) in [5.41, 5.74) is 1.47. The number of rotatable bonds is 2. The van der Waals surface area contributed by atoms with Crippen LogP contribution in [-0.4, -0.2) is 22.0 Å². The normalized spacial score (nSPS) is 12.0. The zero-order chi connectivity index (χ0) is 8.53. The molecule has 1 rings (SSSR count). The third-order valence-corrected chi connectivity index (χ3v) is 1.66. The summed E-state index contributed by atoms with van der Waals surface area (Å²) in [7, 11) is 4.94. The van der Waals surface area contributed by atoms with E-state index in [1.807, 2.05) is 0 Å². The average molecular weight is 205 g/mol. The first-order valence-corrected chi connectivity index (χ1v) is 4.63. The Morgan fingerprint density at radius 2 is 2.25 bits per heavy atom. The molecule has 0 N–H and O–H groups in total. The summed E-state index contributed by atoms with van der Waals surface area (Å²) in [5.74, 6) is 0. The van der Waals surface area contributed by atoms with Gasteiger partial charge in [-0.05, 0) is 13.3 Å². The molecule has 0 amide bonds. The Labute approximate surface area is 89.3 Å². The molecule has 4 heteroatoms. The van der Waals surface area contributed by atoms with Crippen LogP contribution < -0.4 is 0 Å². The van der Waals surface area contributed by atoms with Crippen LogP contribution in [0.5, 0.6) is 0 Å². The molecule has 67 valence electrons. The third-order valence-electron chi connectivity index (χ3n) is 1.66. The molecule has 0 saturated carbocycles. The van der Waals surface area contributed by atoms with Crippen molar-refractivity contribution in [2.75, 3.05) is 0 Å². The summed E-state index contributed by atoms with van der Waals surface area (Å²) in [6.07, 6.45) is 8.90. The third kappa shape index (κ3) is 10.2. The molecule has 0 heterocycles. The van der Waals surface area contributed by atoms with Crippen LogP contribution in [0.15, 0.2) is 23.8 Å². The summed E-state index contributed by atoms with van der Waals surface area (Å²) in [6.45, 7) is 4.35. The fraction of sp³-hybridized carbons (Fsp3) is 0.500. The van der Waals surface area contributed by atoms with E-state index in [1.165, 1.54) is 32.5 Å². The SMILES string of the molecule is BBBCC.CC1=CC=CC1.[Co]. The van der Waals surface area contributed by atoms with Gasteiger partial charge in [0.05, 0.1) is 22.0 Å². The fourth-order valence-corrected chi connectivity index (χ4v) is 0.908. The Morgan fingerprint density at radius 3 is 2.33 bits per heavy atom. The fourth-order valence-electron chi connectivity index (χ4n) is 0.908. The Balaban J connectivity index is 0. The first-order chi connectivity index (χ1) is 5.31. The average Bonchev–Trinajstić information content (AvgIpc) is 2.43. The van der Waals surface area contributed by atoms with Crippen LogP contribution >= 0.6 is 0 Å². The van der Waals surface area contributed by atoms with Crippen molar-refractivity contribution in [2.24, 2.45) is 0 Å². The van der Waals surface area contributed by atoms with Gasteiger partial charge in [-0.1, -0.05) is 37.0 Å². The molecule has 0 aliphatic heterocycles. The van der Waals surface area contributed by atoms with E-state index in [9.17, 15) is 0 Å². The van der Waals surface area contributed by atoms with Crippen LogP contribution in [0.4, 0.5) is 0 Å². The Morgan fingerprint density at radius 1 is 1.58 bits per heavy atom. The largest absolute Gasteiger partial charge is 0.0881 e. The molecule has 0 atom stereocenters. The smallest absolute Gasteiger partial charge is 0.0776 e. The second-order valence-corrected chi connectivity index (χ2v) is 3.00. The van der Waals surface area contributed by atoms with Crippen LogP contribution in [0.2, 0.25) is 6.32 Å². The van der Waals surface area contributed by atoms with Gasteiger partial charge < -0.3 is 0 Å². The number of hydrogen-bond acceptors (Lipinski definition) is 0. The van der Waals surface area contributed by atoms with E-state index < -0.39 is 0 Å². The molecule has 0 aromatic carbocycles. The second-order valence-electron chi connectivity index (χ2n) is 3.00. The topological polar surface area (TPSA) is 0 Å². The monoisotopic (exact) mass is 205 g/mol. The molecular weight excluding hydrogens is 187 g/mol. The van der Waals surface area contributed by atoms with Gasteiger partial charge in [-0.25, -0.2) is 0 Å². The van der Waals surface area contributed by atoms with Crippen molar-refractivity contribution in [3.05, 3.63) is 23.8 Å². The van der Waals surface area contributed by atoms with E-state index in [2.05, 4.69) is 39.8 Å². The maximum absolute atomic E-state index is 2.21. The minimum Gasteiger partial charge on any atom is -0.0881 e. The van der Waals surface area contributed by atoms with Crippen molar-refractivity contribution < 1.29 is 16.8 Å². The molecule has 0 aromatic heterocycles. The Kier molecular flexibility index (Phi) is 13.7. The quantitative estimate of drug-likeness (QED) is 0.580. The van der Waals surface area contributed by atoms with Crippen LogP contribution in [0, 0.1) is 0 Å². The molecule has 0 aromatic rings. The summed E-state index contributed by atoms with van der Waals surface area (Å²) < 4.78 is 0. The van der Waals surface area contributed by atoms with Gasteiger partial charge in [0.2, 0.25) is 0 Å². The van der Waals surface area contributed by atoms with Crippen molar-refractivity contribution >= 4 is 22.0 Å². The Bertz CT molecular complexity index is 141. The first kappa shape index (κ1) is 14.7. The van der Waals surface area contributed by atoms with E-state index in [0.717, 1.165) is 0 Å². The van der Waals surface area contributed by atoms with Crippen molar-refractivity contribution in [3.63, 3.8) is 0 Å². The van der Waals surface area contributed by atoms with Gasteiger partial charge in [-0.2, -0.15) is 0 Å². The van der Waals surface area contributed by atoms with Crippen LogP contribution in [0.1, 0.15) is 20.3 Å². The molecule has 0 bridgehead atoms. The maximum Gasteiger partial charge on any atom is 0.0776 e. The molecule has 0 nitrogen and oxygen atoms in total. The Hall–Kier alpha value is 0.181. The molecule has 0 saturated heterocycles. The van der Waals surface area contributed by atoms with Crippen molar-refractivity contribution in [3.8, 4) is 0 Å². The van der Waals surface area contributed by atoms with Gasteiger partial charge in [0, 0.05) is 16.8 Å². The molecule has 12 heavy (non-hydrogen) atoms. The van der Waals surface area contributed by atoms with Crippen LogP contribution in [0.25, 0.3) is 0 Å². The predicted molar refractivity (Wildman–Crippen MR) is 60.8 cm³/mol. The molecule has 0 spiro atoms. The van der Waals surface area contributed by atoms with Crippen LogP contribution in [0.3, 0.4) is 0 Å². The minimum atomic E-state index is 0. The van der Waals surface area contributed by atoms with E-state index in [0.29, 0.717) is 0 Å². The molecule has 1 aliphatic carbocycles. The molecule has 1 aliphatic rings. The van der Waals surface area contributed by atoms with E-state index in [4.69, 9.17) is 0 Å². The van der Waals surface area contributed by atoms with E-state index in [-0.39, 0.29) is 16.8 Å². The predicted octanol–water partition coefficient (Wildman–Crippen LogP) is 0.651. The van der Waals surface area contributed by atoms with Crippen molar-refractivity contribution in [1.82, 2.24) is 0 Å². The van der Waals surface area contributed by atoms with E-state index >= 15 is 0 Å². The van der Waals surface area contributed by atoms with Gasteiger partial charge >= 0.3 is 0 Å². The minimum absolute atomic E-state index is 0. The number of allylic oxidation sites excluding steroid dienone is 4. The molecule has 0 unspecified atom stereocenters. The summed E-state index contributed by atoms with van der Waals surface area (Å²) in [4.78, 5) is 0. The van der Waals surface area contributed by atoms with Crippen molar-refractivity contribution in [2.45, 2.75) is 26.6 Å². The van der Waals surface area contributed by atoms with Gasteiger partial charge in [-0.15, -0.1) is 0 Å². The van der Waals surface area contributed by atoms with Crippen molar-refractivity contribution in [1.29, 1.82) is 0 Å². The van der Waals surface area contributed by atoms with Gasteiger partial charge in [0.25, 0.3) is 0 Å². The zero-order valence-corrected chi connectivity index (χ0v) is 9.43. The molecule has 1 radical (unpaired) electrons. The second kappa shape index (κ2) is 11.2. The van der Waals surface area contributed by atoms with Gasteiger partial charge in [0.1, 0.15) is 0 Å². The van der Waals surface area contributed by atoms with Crippen LogP contribution in [-0.2, 0) is 16.8 Å². The van der Waals surface area contributed by atoms with E-state index in [1.54, 1.807) is 0 Å². The van der Waals surface area contributed by atoms with Gasteiger partial charge in [-0.3, -0.25) is 0 Å². The first-order valence-electron chi connectivity index (χ1n) is 4.63. The molecule has 0 fully saturated rings. The standard InChI is InChI=1S/C6H8.C2H9B3.Co/c1-6-4-2-3-5-6;1-2-4-5-3;/h2-4H,5H2,1H3;4-5H,2-3H2,1H3;. The molecular formula is C8H17B3Co.